The van der Waals surface area contributed by atoms with Crippen LogP contribution in [0.1, 0.15) is 40.7 Å². The molecule has 0 spiro atoms. The third kappa shape index (κ3) is 7.97. The Hall–Kier alpha value is -3.55. The van der Waals surface area contributed by atoms with Crippen LogP contribution < -0.4 is 5.32 Å². The van der Waals surface area contributed by atoms with Gasteiger partial charge >= 0.3 is 5.97 Å². The summed E-state index contributed by atoms with van der Waals surface area (Å²) in [7, 11) is 0. The molecule has 0 saturated heterocycles. The van der Waals surface area contributed by atoms with Gasteiger partial charge in [0.2, 0.25) is 0 Å². The Labute approximate surface area is 226 Å². The molecular formula is C30H31BrN4O2. The van der Waals surface area contributed by atoms with Crippen LogP contribution in [0, 0.1) is 0 Å². The average Bonchev–Trinajstić information content (AvgIpc) is 3.36. The van der Waals surface area contributed by atoms with Gasteiger partial charge in [0.15, 0.2) is 0 Å². The highest BCUT2D eigenvalue weighted by Crippen LogP contribution is 2.21. The Kier molecular flexibility index (Phi) is 9.80. The predicted molar refractivity (Wildman–Crippen MR) is 152 cm³/mol. The van der Waals surface area contributed by atoms with Crippen LogP contribution in [-0.4, -0.2) is 40.4 Å². The van der Waals surface area contributed by atoms with Crippen LogP contribution in [0.2, 0.25) is 0 Å². The average molecular weight is 560 g/mol. The van der Waals surface area contributed by atoms with Crippen molar-refractivity contribution in [3.63, 3.8) is 0 Å². The number of carbonyl (C=O) groups excluding carboxylic acids is 1. The van der Waals surface area contributed by atoms with Crippen molar-refractivity contribution in [2.45, 2.75) is 26.3 Å². The molecule has 2 heterocycles. The van der Waals surface area contributed by atoms with Crippen molar-refractivity contribution < 1.29 is 9.53 Å². The normalized spacial score (nSPS) is 11.2. The molecule has 0 unspecified atom stereocenters. The first-order valence-electron chi connectivity index (χ1n) is 12.5. The number of ether oxygens (including phenoxy) is 1. The largest absolute Gasteiger partial charge is 0.461 e. The van der Waals surface area contributed by atoms with E-state index in [-0.39, 0.29) is 5.97 Å². The monoisotopic (exact) mass is 558 g/mol. The summed E-state index contributed by atoms with van der Waals surface area (Å²) in [4.78, 5) is 17.1. The molecule has 0 aliphatic rings. The second-order valence-corrected chi connectivity index (χ2v) is 9.47. The number of carbonyl (C=O) groups is 1. The zero-order valence-corrected chi connectivity index (χ0v) is 22.5. The van der Waals surface area contributed by atoms with Crippen molar-refractivity contribution in [2.75, 3.05) is 19.7 Å². The number of pyridine rings is 1. The summed E-state index contributed by atoms with van der Waals surface area (Å²) in [6.07, 6.45) is 7.57. The minimum atomic E-state index is -0.359. The molecule has 7 heteroatoms. The van der Waals surface area contributed by atoms with Gasteiger partial charge in [0.1, 0.15) is 5.69 Å². The third-order valence-electron chi connectivity index (χ3n) is 5.81. The van der Waals surface area contributed by atoms with Gasteiger partial charge in [-0.15, -0.1) is 0 Å². The smallest absolute Gasteiger partial charge is 0.356 e. The second kappa shape index (κ2) is 13.7. The minimum Gasteiger partial charge on any atom is -0.461 e. The Morgan fingerprint density at radius 2 is 1.84 bits per heavy atom. The predicted octanol–water partition coefficient (Wildman–Crippen LogP) is 6.28. The number of rotatable bonds is 12. The zero-order valence-electron chi connectivity index (χ0n) is 20.9. The molecule has 0 bridgehead atoms. The fourth-order valence-electron chi connectivity index (χ4n) is 3.90. The Morgan fingerprint density at radius 1 is 1.03 bits per heavy atom. The number of aromatic nitrogens is 3. The molecule has 0 aliphatic carbocycles. The van der Waals surface area contributed by atoms with E-state index < -0.39 is 0 Å². The molecule has 190 valence electrons. The number of nitrogens with zero attached hydrogens (tertiary/aromatic N) is 3. The molecule has 1 N–H and O–H groups in total. The lowest BCUT2D eigenvalue weighted by molar-refractivity contribution is 0.0511. The van der Waals surface area contributed by atoms with Crippen LogP contribution in [0.15, 0.2) is 83.5 Å². The Bertz CT molecular complexity index is 1320. The molecular weight excluding hydrogens is 528 g/mol. The highest BCUT2D eigenvalue weighted by Gasteiger charge is 2.17. The minimum absolute atomic E-state index is 0.320. The Balaban J connectivity index is 1.39. The zero-order chi connectivity index (χ0) is 25.9. The number of hydrogen-bond donors (Lipinski definition) is 1. The Morgan fingerprint density at radius 3 is 2.62 bits per heavy atom. The SMILES string of the molecule is CCOC(=O)c1cc(-c2ccnc(/C=C/c3ccccc3)c2)nn1CCCNCCc1ccc(Br)cc1. The van der Waals surface area contributed by atoms with Crippen molar-refractivity contribution in [2.24, 2.45) is 0 Å². The first kappa shape index (κ1) is 26.5. The molecule has 2 aromatic heterocycles. The van der Waals surface area contributed by atoms with E-state index in [1.807, 2.05) is 61.5 Å². The van der Waals surface area contributed by atoms with E-state index in [0.29, 0.717) is 18.8 Å². The molecule has 4 rings (SSSR count). The number of halogens is 1. The molecule has 0 saturated carbocycles. The van der Waals surface area contributed by atoms with Crippen LogP contribution in [-0.2, 0) is 17.7 Å². The number of benzene rings is 2. The summed E-state index contributed by atoms with van der Waals surface area (Å²) in [6.45, 7) is 4.47. The fraction of sp³-hybridized carbons (Fsp3) is 0.233. The molecule has 2 aromatic carbocycles. The van der Waals surface area contributed by atoms with Crippen LogP contribution in [0.5, 0.6) is 0 Å². The third-order valence-corrected chi connectivity index (χ3v) is 6.34. The van der Waals surface area contributed by atoms with E-state index in [9.17, 15) is 4.79 Å². The summed E-state index contributed by atoms with van der Waals surface area (Å²) in [5.74, 6) is -0.359. The first-order valence-corrected chi connectivity index (χ1v) is 13.3. The number of aryl methyl sites for hydroxylation is 1. The fourth-order valence-corrected chi connectivity index (χ4v) is 4.17. The lowest BCUT2D eigenvalue weighted by Crippen LogP contribution is -2.21. The van der Waals surface area contributed by atoms with Gasteiger partial charge in [-0.05, 0) is 80.4 Å². The molecule has 4 aromatic rings. The summed E-state index contributed by atoms with van der Waals surface area (Å²) < 4.78 is 8.13. The van der Waals surface area contributed by atoms with Gasteiger partial charge < -0.3 is 10.1 Å². The first-order chi connectivity index (χ1) is 18.1. The molecule has 0 radical (unpaired) electrons. The van der Waals surface area contributed by atoms with Crippen LogP contribution in [0.25, 0.3) is 23.4 Å². The quantitative estimate of drug-likeness (QED) is 0.164. The van der Waals surface area contributed by atoms with Crippen molar-refractivity contribution in [3.8, 4) is 11.3 Å². The van der Waals surface area contributed by atoms with E-state index >= 15 is 0 Å². The van der Waals surface area contributed by atoms with Crippen molar-refractivity contribution >= 4 is 34.1 Å². The van der Waals surface area contributed by atoms with E-state index in [4.69, 9.17) is 9.84 Å². The summed E-state index contributed by atoms with van der Waals surface area (Å²) in [5.41, 5.74) is 5.32. The van der Waals surface area contributed by atoms with E-state index in [2.05, 4.69) is 50.5 Å². The van der Waals surface area contributed by atoms with Gasteiger partial charge in [-0.25, -0.2) is 4.79 Å². The maximum Gasteiger partial charge on any atom is 0.356 e. The molecule has 37 heavy (non-hydrogen) atoms. The number of hydrogen-bond acceptors (Lipinski definition) is 5. The van der Waals surface area contributed by atoms with Crippen molar-refractivity contribution in [1.29, 1.82) is 0 Å². The van der Waals surface area contributed by atoms with Crippen LogP contribution in [0.3, 0.4) is 0 Å². The summed E-state index contributed by atoms with van der Waals surface area (Å²) in [5, 5.41) is 8.23. The summed E-state index contributed by atoms with van der Waals surface area (Å²) >= 11 is 3.47. The van der Waals surface area contributed by atoms with Gasteiger partial charge in [0.25, 0.3) is 0 Å². The van der Waals surface area contributed by atoms with E-state index in [0.717, 1.165) is 52.9 Å². The lowest BCUT2D eigenvalue weighted by Gasteiger charge is -2.08. The van der Waals surface area contributed by atoms with Gasteiger partial charge in [0.05, 0.1) is 18.0 Å². The van der Waals surface area contributed by atoms with Crippen molar-refractivity contribution in [3.05, 3.63) is 106 Å². The number of nitrogens with one attached hydrogen (secondary N) is 1. The lowest BCUT2D eigenvalue weighted by atomic mass is 10.1. The molecule has 0 fully saturated rings. The summed E-state index contributed by atoms with van der Waals surface area (Å²) in [6, 6.07) is 24.2. The van der Waals surface area contributed by atoms with Gasteiger partial charge in [-0.3, -0.25) is 9.67 Å². The molecule has 0 amide bonds. The van der Waals surface area contributed by atoms with Crippen LogP contribution >= 0.6 is 15.9 Å². The standard InChI is InChI=1S/C30H31BrN4O2/c1-2-37-30(36)29-22-28(25-16-19-33-27(21-25)14-11-23-7-4-3-5-8-23)34-35(29)20-6-17-32-18-15-24-9-12-26(31)13-10-24/h3-5,7-14,16,19,21-22,32H,2,6,15,17-18,20H2,1H3/b14-11+. The van der Waals surface area contributed by atoms with Crippen LogP contribution in [0.4, 0.5) is 0 Å². The van der Waals surface area contributed by atoms with Gasteiger partial charge in [-0.1, -0.05) is 64.5 Å². The topological polar surface area (TPSA) is 69.0 Å². The number of esters is 1. The van der Waals surface area contributed by atoms with Gasteiger partial charge in [-0.2, -0.15) is 5.10 Å². The molecule has 0 atom stereocenters. The molecule has 0 aliphatic heterocycles. The highest BCUT2D eigenvalue weighted by atomic mass is 79.9. The van der Waals surface area contributed by atoms with Crippen molar-refractivity contribution in [1.82, 2.24) is 20.1 Å². The molecule has 6 nitrogen and oxygen atoms in total. The highest BCUT2D eigenvalue weighted by molar-refractivity contribution is 9.10. The second-order valence-electron chi connectivity index (χ2n) is 8.55. The van der Waals surface area contributed by atoms with E-state index in [1.54, 1.807) is 16.9 Å². The van der Waals surface area contributed by atoms with E-state index in [1.165, 1.54) is 5.56 Å². The van der Waals surface area contributed by atoms with Gasteiger partial charge in [0, 0.05) is 22.8 Å². The maximum atomic E-state index is 12.6. The maximum absolute atomic E-state index is 12.6.